The minimum absolute atomic E-state index is 0.156. The van der Waals surface area contributed by atoms with Crippen LogP contribution in [0.2, 0.25) is 0 Å². The summed E-state index contributed by atoms with van der Waals surface area (Å²) in [5.74, 6) is 0. The molecule has 0 aromatic heterocycles. The van der Waals surface area contributed by atoms with Gasteiger partial charge in [-0.05, 0) is 14.1 Å². The molecule has 0 aliphatic carbocycles. The highest BCUT2D eigenvalue weighted by molar-refractivity contribution is 4.84. The summed E-state index contributed by atoms with van der Waals surface area (Å²) in [4.78, 5) is 18.4. The summed E-state index contributed by atoms with van der Waals surface area (Å²) in [6, 6.07) is 0.528. The Balaban J connectivity index is 2.04. The van der Waals surface area contributed by atoms with Gasteiger partial charge in [0.05, 0.1) is 0 Å². The molecule has 0 atom stereocenters. The molecule has 0 saturated carbocycles. The fourth-order valence-electron chi connectivity index (χ4n) is 1.39. The smallest absolute Gasteiger partial charge is 0.294 e. The molecule has 0 radical (unpaired) electrons. The Morgan fingerprint density at radius 2 is 2.31 bits per heavy atom. The normalized spacial score (nSPS) is 18.7. The standard InChI is InChI=1S/C7H15N3O3/c1-8-5-7(6-8)9(2)3-4-13-10(11)12/h7H,3-6H2,1-2H3. The predicted octanol–water partition coefficient (Wildman–Crippen LogP) is -0.559. The van der Waals surface area contributed by atoms with E-state index < -0.39 is 5.09 Å². The SMILES string of the molecule is CN1CC(N(C)CCO[N+](=O)[O-])C1. The number of likely N-dealkylation sites (N-methyl/N-ethyl adjacent to an activating group) is 2. The highest BCUT2D eigenvalue weighted by Crippen LogP contribution is 2.09. The van der Waals surface area contributed by atoms with Gasteiger partial charge in [-0.3, -0.25) is 4.90 Å². The molecule has 1 fully saturated rings. The minimum atomic E-state index is -0.749. The average molecular weight is 189 g/mol. The molecule has 1 saturated heterocycles. The largest absolute Gasteiger partial charge is 0.313 e. The molecule has 0 aromatic rings. The van der Waals surface area contributed by atoms with Crippen LogP contribution in [0.25, 0.3) is 0 Å². The molecule has 1 aliphatic heterocycles. The van der Waals surface area contributed by atoms with E-state index in [1.165, 1.54) is 0 Å². The van der Waals surface area contributed by atoms with Crippen molar-refractivity contribution in [3.05, 3.63) is 10.1 Å². The van der Waals surface area contributed by atoms with Gasteiger partial charge in [-0.25, -0.2) is 0 Å². The third-order valence-corrected chi connectivity index (χ3v) is 2.31. The highest BCUT2D eigenvalue weighted by Gasteiger charge is 2.26. The van der Waals surface area contributed by atoms with Crippen molar-refractivity contribution >= 4 is 0 Å². The molecule has 0 unspecified atom stereocenters. The van der Waals surface area contributed by atoms with Crippen molar-refractivity contribution < 1.29 is 9.92 Å². The second-order valence-corrected chi connectivity index (χ2v) is 3.41. The third-order valence-electron chi connectivity index (χ3n) is 2.31. The lowest BCUT2D eigenvalue weighted by Crippen LogP contribution is -2.57. The van der Waals surface area contributed by atoms with Crippen LogP contribution in [-0.4, -0.2) is 61.3 Å². The van der Waals surface area contributed by atoms with Crippen molar-refractivity contribution in [2.45, 2.75) is 6.04 Å². The number of rotatable bonds is 5. The van der Waals surface area contributed by atoms with E-state index in [0.29, 0.717) is 12.6 Å². The Morgan fingerprint density at radius 1 is 1.69 bits per heavy atom. The van der Waals surface area contributed by atoms with Crippen molar-refractivity contribution in [2.24, 2.45) is 0 Å². The van der Waals surface area contributed by atoms with Crippen LogP contribution >= 0.6 is 0 Å². The van der Waals surface area contributed by atoms with Gasteiger partial charge in [0, 0.05) is 25.7 Å². The van der Waals surface area contributed by atoms with Gasteiger partial charge in [-0.2, -0.15) is 0 Å². The zero-order valence-corrected chi connectivity index (χ0v) is 7.97. The fraction of sp³-hybridized carbons (Fsp3) is 1.00. The van der Waals surface area contributed by atoms with Gasteiger partial charge >= 0.3 is 0 Å². The van der Waals surface area contributed by atoms with Crippen LogP contribution in [-0.2, 0) is 4.84 Å². The molecule has 1 rings (SSSR count). The van der Waals surface area contributed by atoms with Crippen molar-refractivity contribution in [3.63, 3.8) is 0 Å². The Labute approximate surface area is 77.2 Å². The first-order valence-electron chi connectivity index (χ1n) is 4.25. The second-order valence-electron chi connectivity index (χ2n) is 3.41. The average Bonchev–Trinajstić information content (AvgIpc) is 1.97. The quantitative estimate of drug-likeness (QED) is 0.428. The van der Waals surface area contributed by atoms with Crippen LogP contribution in [0.15, 0.2) is 0 Å². The molecule has 76 valence electrons. The molecule has 0 amide bonds. The number of hydrogen-bond donors (Lipinski definition) is 0. The maximum atomic E-state index is 9.84. The summed E-state index contributed by atoms with van der Waals surface area (Å²) in [7, 11) is 4.01. The molecule has 0 spiro atoms. The maximum absolute atomic E-state index is 9.84. The fourth-order valence-corrected chi connectivity index (χ4v) is 1.39. The van der Waals surface area contributed by atoms with Gasteiger partial charge in [0.2, 0.25) is 0 Å². The lowest BCUT2D eigenvalue weighted by Gasteiger charge is -2.41. The zero-order chi connectivity index (χ0) is 9.84. The first-order chi connectivity index (χ1) is 6.09. The van der Waals surface area contributed by atoms with Gasteiger partial charge in [-0.15, -0.1) is 10.1 Å². The molecule has 0 aromatic carbocycles. The molecule has 6 heteroatoms. The molecular formula is C7H15N3O3. The van der Waals surface area contributed by atoms with Gasteiger partial charge in [0.1, 0.15) is 6.61 Å². The van der Waals surface area contributed by atoms with E-state index in [2.05, 4.69) is 21.7 Å². The maximum Gasteiger partial charge on any atom is 0.294 e. The summed E-state index contributed by atoms with van der Waals surface area (Å²) in [6.45, 7) is 2.84. The van der Waals surface area contributed by atoms with Crippen LogP contribution in [0.5, 0.6) is 0 Å². The summed E-state index contributed by atoms with van der Waals surface area (Å²) in [5.41, 5.74) is 0. The molecule has 6 nitrogen and oxygen atoms in total. The van der Waals surface area contributed by atoms with Crippen LogP contribution in [0.3, 0.4) is 0 Å². The third kappa shape index (κ3) is 3.16. The molecule has 1 aliphatic rings. The van der Waals surface area contributed by atoms with E-state index in [-0.39, 0.29) is 6.61 Å². The molecular weight excluding hydrogens is 174 g/mol. The molecule has 13 heavy (non-hydrogen) atoms. The monoisotopic (exact) mass is 189 g/mol. The first kappa shape index (κ1) is 10.2. The number of likely N-dealkylation sites (tertiary alicyclic amines) is 1. The topological polar surface area (TPSA) is 58.8 Å². The first-order valence-corrected chi connectivity index (χ1v) is 4.25. The summed E-state index contributed by atoms with van der Waals surface area (Å²) < 4.78 is 0. The Hall–Kier alpha value is -0.880. The van der Waals surface area contributed by atoms with E-state index in [9.17, 15) is 10.1 Å². The Bertz CT molecular complexity index is 182. The van der Waals surface area contributed by atoms with E-state index in [1.54, 1.807) is 0 Å². The van der Waals surface area contributed by atoms with Gasteiger partial charge in [0.15, 0.2) is 0 Å². The minimum Gasteiger partial charge on any atom is -0.313 e. The Kier molecular flexibility index (Phi) is 3.44. The van der Waals surface area contributed by atoms with Crippen molar-refractivity contribution in [2.75, 3.05) is 40.3 Å². The van der Waals surface area contributed by atoms with Crippen LogP contribution in [0, 0.1) is 10.1 Å². The van der Waals surface area contributed by atoms with Crippen molar-refractivity contribution in [1.29, 1.82) is 0 Å². The van der Waals surface area contributed by atoms with Gasteiger partial charge in [0.25, 0.3) is 5.09 Å². The lowest BCUT2D eigenvalue weighted by molar-refractivity contribution is -0.757. The number of hydrogen-bond acceptors (Lipinski definition) is 5. The summed E-state index contributed by atoms with van der Waals surface area (Å²) >= 11 is 0. The molecule has 1 heterocycles. The summed E-state index contributed by atoms with van der Waals surface area (Å²) in [6.07, 6.45) is 0. The molecule has 0 bridgehead atoms. The highest BCUT2D eigenvalue weighted by atomic mass is 16.9. The number of nitrogens with zero attached hydrogens (tertiary/aromatic N) is 3. The van der Waals surface area contributed by atoms with E-state index in [4.69, 9.17) is 0 Å². The Morgan fingerprint density at radius 3 is 2.77 bits per heavy atom. The van der Waals surface area contributed by atoms with Gasteiger partial charge in [-0.1, -0.05) is 0 Å². The lowest BCUT2D eigenvalue weighted by atomic mass is 10.1. The van der Waals surface area contributed by atoms with Crippen LogP contribution in [0.1, 0.15) is 0 Å². The van der Waals surface area contributed by atoms with Crippen molar-refractivity contribution in [3.8, 4) is 0 Å². The van der Waals surface area contributed by atoms with E-state index >= 15 is 0 Å². The summed E-state index contributed by atoms with van der Waals surface area (Å²) in [5, 5.41) is 9.09. The predicted molar refractivity (Wildman–Crippen MR) is 46.9 cm³/mol. The van der Waals surface area contributed by atoms with Crippen LogP contribution in [0.4, 0.5) is 0 Å². The second kappa shape index (κ2) is 4.38. The van der Waals surface area contributed by atoms with Crippen molar-refractivity contribution in [1.82, 2.24) is 9.80 Å². The molecule has 0 N–H and O–H groups in total. The van der Waals surface area contributed by atoms with E-state index in [0.717, 1.165) is 13.1 Å². The van der Waals surface area contributed by atoms with E-state index in [1.807, 2.05) is 7.05 Å². The van der Waals surface area contributed by atoms with Crippen LogP contribution < -0.4 is 0 Å². The zero-order valence-electron chi connectivity index (χ0n) is 7.97. The van der Waals surface area contributed by atoms with Gasteiger partial charge < -0.3 is 9.74 Å².